The first-order chi connectivity index (χ1) is 11.2. The molecule has 24 heavy (non-hydrogen) atoms. The van der Waals surface area contributed by atoms with Crippen LogP contribution in [-0.4, -0.2) is 23.8 Å². The van der Waals surface area contributed by atoms with E-state index in [0.717, 1.165) is 0 Å². The summed E-state index contributed by atoms with van der Waals surface area (Å²) in [6.07, 6.45) is -0.402. The maximum absolute atomic E-state index is 12.6. The summed E-state index contributed by atoms with van der Waals surface area (Å²) in [5, 5.41) is 11.6. The van der Waals surface area contributed by atoms with Crippen LogP contribution in [0, 0.1) is 0 Å². The highest BCUT2D eigenvalue weighted by Crippen LogP contribution is 2.43. The first-order valence-electron chi connectivity index (χ1n) is 7.03. The van der Waals surface area contributed by atoms with E-state index < -0.39 is 23.7 Å². The Bertz CT molecular complexity index is 871. The van der Waals surface area contributed by atoms with Crippen molar-refractivity contribution in [2.24, 2.45) is 0 Å². The molecule has 0 saturated heterocycles. The van der Waals surface area contributed by atoms with E-state index in [9.17, 15) is 14.7 Å². The number of carbonyl (C=O) groups excluding carboxylic acids is 2. The van der Waals surface area contributed by atoms with Gasteiger partial charge in [-0.05, 0) is 36.4 Å². The van der Waals surface area contributed by atoms with Crippen LogP contribution in [0.2, 0.25) is 10.0 Å². The van der Waals surface area contributed by atoms with Gasteiger partial charge in [0.2, 0.25) is 0 Å². The van der Waals surface area contributed by atoms with E-state index in [4.69, 9.17) is 23.2 Å². The van der Waals surface area contributed by atoms with Gasteiger partial charge in [0.05, 0.1) is 17.1 Å². The van der Waals surface area contributed by atoms with Crippen molar-refractivity contribution in [3.05, 3.63) is 62.0 Å². The minimum absolute atomic E-state index is 0.185. The van der Waals surface area contributed by atoms with E-state index in [1.54, 1.807) is 25.2 Å². The van der Waals surface area contributed by atoms with Crippen LogP contribution in [0.25, 0.3) is 0 Å². The average molecular weight is 429 g/mol. The smallest absolute Gasteiger partial charge is 0.263 e. The van der Waals surface area contributed by atoms with Gasteiger partial charge >= 0.3 is 0 Å². The van der Waals surface area contributed by atoms with E-state index in [0.29, 0.717) is 20.7 Å². The minimum atomic E-state index is -1.92. The molecule has 0 aromatic heterocycles. The number of halogens is 3. The van der Waals surface area contributed by atoms with E-state index in [2.05, 4.69) is 15.9 Å². The lowest BCUT2D eigenvalue weighted by Crippen LogP contribution is -2.40. The van der Waals surface area contributed by atoms with Gasteiger partial charge in [0.1, 0.15) is 0 Å². The Morgan fingerprint density at radius 3 is 2.62 bits per heavy atom. The second-order valence-electron chi connectivity index (χ2n) is 5.61. The van der Waals surface area contributed by atoms with Crippen molar-refractivity contribution in [1.82, 2.24) is 0 Å². The Morgan fingerprint density at radius 1 is 1.25 bits per heavy atom. The molecule has 1 aliphatic heterocycles. The Kier molecular flexibility index (Phi) is 4.47. The Labute approximate surface area is 157 Å². The molecule has 0 fully saturated rings. The number of ketones is 1. The van der Waals surface area contributed by atoms with Crippen molar-refractivity contribution >= 4 is 56.5 Å². The zero-order valence-corrected chi connectivity index (χ0v) is 15.6. The van der Waals surface area contributed by atoms with Gasteiger partial charge in [-0.1, -0.05) is 39.1 Å². The molecule has 124 valence electrons. The summed E-state index contributed by atoms with van der Waals surface area (Å²) in [6, 6.07) is 9.61. The lowest BCUT2D eigenvalue weighted by molar-refractivity contribution is -0.135. The molecule has 1 N–H and O–H groups in total. The second kappa shape index (κ2) is 6.15. The molecule has 0 spiro atoms. The second-order valence-corrected chi connectivity index (χ2v) is 7.37. The number of benzene rings is 2. The SMILES string of the molecule is CN1C(=O)C(O)(CC(=O)c2ccc(Cl)cc2Cl)c2cc(Br)ccc21. The summed E-state index contributed by atoms with van der Waals surface area (Å²) in [6.45, 7) is 0. The number of amides is 1. The molecule has 1 aliphatic rings. The van der Waals surface area contributed by atoms with Gasteiger partial charge in [0.25, 0.3) is 5.91 Å². The third kappa shape index (κ3) is 2.75. The average Bonchev–Trinajstić information content (AvgIpc) is 2.69. The summed E-state index contributed by atoms with van der Waals surface area (Å²) in [5.41, 5.74) is -0.745. The van der Waals surface area contributed by atoms with Crippen LogP contribution < -0.4 is 4.90 Å². The van der Waals surface area contributed by atoms with Gasteiger partial charge in [0, 0.05) is 27.7 Å². The fourth-order valence-electron chi connectivity index (χ4n) is 2.85. The molecule has 0 bridgehead atoms. The van der Waals surface area contributed by atoms with Crippen LogP contribution in [0.5, 0.6) is 0 Å². The highest BCUT2D eigenvalue weighted by Gasteiger charge is 2.49. The molecular formula is C17H12BrCl2NO3. The number of carbonyl (C=O) groups is 2. The number of nitrogens with zero attached hydrogens (tertiary/aromatic N) is 1. The largest absolute Gasteiger partial charge is 0.375 e. The van der Waals surface area contributed by atoms with Crippen molar-refractivity contribution in [3.8, 4) is 0 Å². The molecule has 1 unspecified atom stereocenters. The van der Waals surface area contributed by atoms with Crippen LogP contribution >= 0.6 is 39.1 Å². The van der Waals surface area contributed by atoms with Crippen LogP contribution in [0.15, 0.2) is 40.9 Å². The Morgan fingerprint density at radius 2 is 1.96 bits per heavy atom. The quantitative estimate of drug-likeness (QED) is 0.745. The van der Waals surface area contributed by atoms with E-state index in [1.165, 1.54) is 23.1 Å². The highest BCUT2D eigenvalue weighted by molar-refractivity contribution is 9.10. The number of anilines is 1. The molecule has 1 amide bonds. The summed E-state index contributed by atoms with van der Waals surface area (Å²) in [5.74, 6) is -0.984. The standard InChI is InChI=1S/C17H12BrCl2NO3/c1-21-14-5-2-9(18)6-12(14)17(24,16(21)23)8-15(22)11-4-3-10(19)7-13(11)20/h2-7,24H,8H2,1H3. The monoisotopic (exact) mass is 427 g/mol. The van der Waals surface area contributed by atoms with Crippen molar-refractivity contribution in [1.29, 1.82) is 0 Å². The van der Waals surface area contributed by atoms with Crippen LogP contribution in [0.4, 0.5) is 5.69 Å². The van der Waals surface area contributed by atoms with E-state index in [1.807, 2.05) is 0 Å². The van der Waals surface area contributed by atoms with Crippen molar-refractivity contribution in [3.63, 3.8) is 0 Å². The predicted molar refractivity (Wildman–Crippen MR) is 96.9 cm³/mol. The molecule has 1 atom stereocenters. The maximum atomic E-state index is 12.6. The van der Waals surface area contributed by atoms with E-state index >= 15 is 0 Å². The minimum Gasteiger partial charge on any atom is -0.375 e. The molecule has 7 heteroatoms. The number of fused-ring (bicyclic) bond motifs is 1. The van der Waals surface area contributed by atoms with Crippen LogP contribution in [0.1, 0.15) is 22.3 Å². The maximum Gasteiger partial charge on any atom is 0.263 e. The zero-order valence-electron chi connectivity index (χ0n) is 12.5. The Hall–Kier alpha value is -1.40. The molecule has 0 saturated carbocycles. The number of aliphatic hydroxyl groups is 1. The van der Waals surface area contributed by atoms with Gasteiger partial charge in [-0.2, -0.15) is 0 Å². The lowest BCUT2D eigenvalue weighted by Gasteiger charge is -2.21. The van der Waals surface area contributed by atoms with Gasteiger partial charge in [-0.15, -0.1) is 0 Å². The first-order valence-corrected chi connectivity index (χ1v) is 8.58. The van der Waals surface area contributed by atoms with Crippen molar-refractivity contribution < 1.29 is 14.7 Å². The molecule has 3 rings (SSSR count). The number of Topliss-reactive ketones (excluding diaryl/α,β-unsaturated/α-hetero) is 1. The predicted octanol–water partition coefficient (Wildman–Crippen LogP) is 4.19. The fraction of sp³-hybridized carbons (Fsp3) is 0.176. The number of hydrogen-bond donors (Lipinski definition) is 1. The number of hydrogen-bond acceptors (Lipinski definition) is 3. The zero-order chi connectivity index (χ0) is 17.6. The summed E-state index contributed by atoms with van der Waals surface area (Å²) in [7, 11) is 1.56. The van der Waals surface area contributed by atoms with Crippen molar-refractivity contribution in [2.75, 3.05) is 11.9 Å². The fourth-order valence-corrected chi connectivity index (χ4v) is 3.72. The molecule has 4 nitrogen and oxygen atoms in total. The molecular weight excluding hydrogens is 417 g/mol. The number of likely N-dealkylation sites (N-methyl/N-ethyl adjacent to an activating group) is 1. The van der Waals surface area contributed by atoms with Gasteiger partial charge in [0.15, 0.2) is 11.4 Å². The van der Waals surface area contributed by atoms with Crippen LogP contribution in [0.3, 0.4) is 0 Å². The Balaban J connectivity index is 2.01. The molecule has 2 aromatic carbocycles. The highest BCUT2D eigenvalue weighted by atomic mass is 79.9. The third-order valence-electron chi connectivity index (χ3n) is 4.07. The summed E-state index contributed by atoms with van der Waals surface area (Å²) < 4.78 is 0.708. The molecule has 1 heterocycles. The molecule has 2 aromatic rings. The van der Waals surface area contributed by atoms with Crippen LogP contribution in [-0.2, 0) is 10.4 Å². The first kappa shape index (κ1) is 17.4. The van der Waals surface area contributed by atoms with Crippen molar-refractivity contribution in [2.45, 2.75) is 12.0 Å². The lowest BCUT2D eigenvalue weighted by atomic mass is 9.88. The van der Waals surface area contributed by atoms with E-state index in [-0.39, 0.29) is 10.6 Å². The molecule has 0 aliphatic carbocycles. The topological polar surface area (TPSA) is 57.6 Å². The third-order valence-corrected chi connectivity index (χ3v) is 5.11. The normalized spacial score (nSPS) is 19.5. The molecule has 0 radical (unpaired) electrons. The van der Waals surface area contributed by atoms with Gasteiger partial charge < -0.3 is 10.0 Å². The van der Waals surface area contributed by atoms with Gasteiger partial charge in [-0.25, -0.2) is 0 Å². The summed E-state index contributed by atoms with van der Waals surface area (Å²) in [4.78, 5) is 26.5. The van der Waals surface area contributed by atoms with Gasteiger partial charge in [-0.3, -0.25) is 9.59 Å². The number of rotatable bonds is 3. The summed E-state index contributed by atoms with van der Waals surface area (Å²) >= 11 is 15.2.